The van der Waals surface area contributed by atoms with Crippen molar-refractivity contribution in [3.05, 3.63) is 53.7 Å². The van der Waals surface area contributed by atoms with Gasteiger partial charge < -0.3 is 0 Å². The molecule has 166 valence electrons. The van der Waals surface area contributed by atoms with Gasteiger partial charge in [-0.3, -0.25) is 14.1 Å². The van der Waals surface area contributed by atoms with Gasteiger partial charge in [-0.25, -0.2) is 26.8 Å². The summed E-state index contributed by atoms with van der Waals surface area (Å²) < 4.78 is 57.2. The molecule has 0 aliphatic carbocycles. The third-order valence-corrected chi connectivity index (χ3v) is 7.17. The molecule has 3 rings (SSSR count). The molecule has 0 amide bonds. The number of aromatic nitrogens is 4. The zero-order valence-electron chi connectivity index (χ0n) is 17.8. The molecule has 0 bridgehead atoms. The number of rotatable bonds is 7. The molecule has 0 radical (unpaired) electrons. The molecule has 10 nitrogen and oxygen atoms in total. The van der Waals surface area contributed by atoms with Crippen molar-refractivity contribution in [2.75, 3.05) is 9.44 Å². The van der Waals surface area contributed by atoms with E-state index in [-0.39, 0.29) is 27.3 Å². The highest BCUT2D eigenvalue weighted by Gasteiger charge is 2.22. The first-order valence-corrected chi connectivity index (χ1v) is 12.4. The molecule has 0 aliphatic rings. The molecule has 31 heavy (non-hydrogen) atoms. The zero-order valence-corrected chi connectivity index (χ0v) is 19.4. The Morgan fingerprint density at radius 2 is 1.55 bits per heavy atom. The van der Waals surface area contributed by atoms with Gasteiger partial charge in [0.25, 0.3) is 20.0 Å². The average molecular weight is 465 g/mol. The van der Waals surface area contributed by atoms with Crippen molar-refractivity contribution < 1.29 is 16.8 Å². The van der Waals surface area contributed by atoms with Crippen molar-refractivity contribution in [1.29, 1.82) is 0 Å². The summed E-state index contributed by atoms with van der Waals surface area (Å²) in [4.78, 5) is 8.20. The minimum atomic E-state index is -3.90. The Morgan fingerprint density at radius 1 is 0.903 bits per heavy atom. The van der Waals surface area contributed by atoms with Gasteiger partial charge in [-0.05, 0) is 58.9 Å². The Morgan fingerprint density at radius 3 is 2.10 bits per heavy atom. The lowest BCUT2D eigenvalue weighted by Gasteiger charge is -2.10. The smallest absolute Gasteiger partial charge is 0.265 e. The summed E-state index contributed by atoms with van der Waals surface area (Å²) in [5.74, 6) is 0.603. The minimum Gasteiger partial charge on any atom is -0.280 e. The molecule has 12 heteroatoms. The Kier molecular flexibility index (Phi) is 6.05. The molecular weight excluding hydrogens is 440 g/mol. The summed E-state index contributed by atoms with van der Waals surface area (Å²) in [5, 5.41) is 4.22. The first-order valence-electron chi connectivity index (χ1n) is 9.41. The van der Waals surface area contributed by atoms with E-state index < -0.39 is 20.0 Å². The van der Waals surface area contributed by atoms with Gasteiger partial charge in [0.1, 0.15) is 16.5 Å². The molecule has 0 atom stereocenters. The molecule has 0 saturated carbocycles. The van der Waals surface area contributed by atoms with Crippen LogP contribution >= 0.6 is 0 Å². The number of aryl methyl sites for hydroxylation is 3. The Balaban J connectivity index is 1.81. The number of sulfonamides is 2. The monoisotopic (exact) mass is 464 g/mol. The molecular formula is C19H24N6O4S2. The lowest BCUT2D eigenvalue weighted by atomic mass is 10.3. The van der Waals surface area contributed by atoms with Crippen molar-refractivity contribution in [3.8, 4) is 0 Å². The SMILES string of the molecule is Cc1cc(NS(=O)(=O)c2ccc(NS(=O)(=O)c3cn(C(C)C)nc3C)cc2)nc(C)n1. The van der Waals surface area contributed by atoms with E-state index in [4.69, 9.17) is 0 Å². The van der Waals surface area contributed by atoms with Crippen LogP contribution in [0.4, 0.5) is 11.5 Å². The van der Waals surface area contributed by atoms with Crippen LogP contribution in [0.5, 0.6) is 0 Å². The highest BCUT2D eigenvalue weighted by molar-refractivity contribution is 7.93. The highest BCUT2D eigenvalue weighted by Crippen LogP contribution is 2.22. The van der Waals surface area contributed by atoms with Crippen LogP contribution in [0, 0.1) is 20.8 Å². The van der Waals surface area contributed by atoms with Crippen molar-refractivity contribution in [3.63, 3.8) is 0 Å². The lowest BCUT2D eigenvalue weighted by molar-refractivity contribution is 0.528. The highest BCUT2D eigenvalue weighted by atomic mass is 32.2. The number of hydrogen-bond donors (Lipinski definition) is 2. The van der Waals surface area contributed by atoms with E-state index in [0.29, 0.717) is 17.2 Å². The molecule has 0 fully saturated rings. The second-order valence-electron chi connectivity index (χ2n) is 7.33. The second-order valence-corrected chi connectivity index (χ2v) is 10.7. The normalized spacial score (nSPS) is 12.2. The fraction of sp³-hybridized carbons (Fsp3) is 0.316. The zero-order chi connectivity index (χ0) is 23.0. The summed E-state index contributed by atoms with van der Waals surface area (Å²) in [5.41, 5.74) is 1.23. The standard InChI is InChI=1S/C19H24N6O4S2/c1-12(2)25-11-18(14(4)22-25)31(28,29)23-16-6-8-17(9-7-16)30(26,27)24-19-10-13(3)20-15(5)21-19/h6-12,23H,1-5H3,(H,20,21,24). The summed E-state index contributed by atoms with van der Waals surface area (Å²) in [6, 6.07) is 6.92. The molecule has 2 heterocycles. The summed E-state index contributed by atoms with van der Waals surface area (Å²) >= 11 is 0. The van der Waals surface area contributed by atoms with Gasteiger partial charge in [-0.15, -0.1) is 0 Å². The van der Waals surface area contributed by atoms with E-state index in [1.54, 1.807) is 25.5 Å². The third-order valence-electron chi connectivity index (χ3n) is 4.31. The first-order chi connectivity index (χ1) is 14.4. The molecule has 3 aromatic rings. The summed E-state index contributed by atoms with van der Waals surface area (Å²) in [6.07, 6.45) is 1.47. The number of anilines is 2. The predicted octanol–water partition coefficient (Wildman–Crippen LogP) is 2.78. The van der Waals surface area contributed by atoms with Crippen LogP contribution in [-0.2, 0) is 20.0 Å². The topological polar surface area (TPSA) is 136 Å². The van der Waals surface area contributed by atoms with E-state index in [9.17, 15) is 16.8 Å². The van der Waals surface area contributed by atoms with E-state index in [1.165, 1.54) is 36.5 Å². The van der Waals surface area contributed by atoms with Gasteiger partial charge in [-0.1, -0.05) is 0 Å². The van der Waals surface area contributed by atoms with E-state index in [0.717, 1.165) is 0 Å². The Bertz CT molecular complexity index is 1290. The molecule has 0 aliphatic heterocycles. The van der Waals surface area contributed by atoms with Crippen LogP contribution in [0.15, 0.2) is 46.3 Å². The van der Waals surface area contributed by atoms with Crippen molar-refractivity contribution in [2.24, 2.45) is 0 Å². The third kappa shape index (κ3) is 5.20. The van der Waals surface area contributed by atoms with Gasteiger partial charge in [-0.2, -0.15) is 5.10 Å². The second kappa shape index (κ2) is 8.27. The predicted molar refractivity (Wildman–Crippen MR) is 117 cm³/mol. The maximum Gasteiger partial charge on any atom is 0.265 e. The average Bonchev–Trinajstić information content (AvgIpc) is 3.03. The van der Waals surface area contributed by atoms with Crippen LogP contribution in [0.3, 0.4) is 0 Å². The minimum absolute atomic E-state index is 0.0158. The fourth-order valence-electron chi connectivity index (χ4n) is 2.87. The van der Waals surface area contributed by atoms with Gasteiger partial charge in [0, 0.05) is 29.7 Å². The largest absolute Gasteiger partial charge is 0.280 e. The van der Waals surface area contributed by atoms with Gasteiger partial charge >= 0.3 is 0 Å². The summed E-state index contributed by atoms with van der Waals surface area (Å²) in [6.45, 7) is 8.81. The van der Waals surface area contributed by atoms with Gasteiger partial charge in [0.2, 0.25) is 0 Å². The number of hydrogen-bond acceptors (Lipinski definition) is 7. The molecule has 0 spiro atoms. The Labute approximate surface area is 181 Å². The van der Waals surface area contributed by atoms with E-state index >= 15 is 0 Å². The molecule has 2 aromatic heterocycles. The molecule has 0 unspecified atom stereocenters. The van der Waals surface area contributed by atoms with Crippen molar-refractivity contribution in [1.82, 2.24) is 19.7 Å². The lowest BCUT2D eigenvalue weighted by Crippen LogP contribution is -2.16. The van der Waals surface area contributed by atoms with Gasteiger partial charge in [0.15, 0.2) is 0 Å². The molecule has 0 saturated heterocycles. The first kappa shape index (κ1) is 22.7. The maximum absolute atomic E-state index is 12.7. The van der Waals surface area contributed by atoms with Crippen LogP contribution in [0.25, 0.3) is 0 Å². The number of nitrogens with zero attached hydrogens (tertiary/aromatic N) is 4. The summed E-state index contributed by atoms with van der Waals surface area (Å²) in [7, 11) is -7.78. The molecule has 2 N–H and O–H groups in total. The van der Waals surface area contributed by atoms with Crippen LogP contribution in [-0.4, -0.2) is 36.6 Å². The van der Waals surface area contributed by atoms with Crippen LogP contribution < -0.4 is 9.44 Å². The van der Waals surface area contributed by atoms with E-state index in [1.807, 2.05) is 13.8 Å². The van der Waals surface area contributed by atoms with Gasteiger partial charge in [0.05, 0.1) is 10.6 Å². The van der Waals surface area contributed by atoms with E-state index in [2.05, 4.69) is 24.5 Å². The maximum atomic E-state index is 12.7. The van der Waals surface area contributed by atoms with Crippen molar-refractivity contribution in [2.45, 2.75) is 50.5 Å². The number of benzene rings is 1. The number of nitrogens with one attached hydrogen (secondary N) is 2. The van der Waals surface area contributed by atoms with Crippen LogP contribution in [0.2, 0.25) is 0 Å². The Hall–Kier alpha value is -2.99. The van der Waals surface area contributed by atoms with Crippen molar-refractivity contribution >= 4 is 31.6 Å². The quantitative estimate of drug-likeness (QED) is 0.549. The molecule has 1 aromatic carbocycles. The van der Waals surface area contributed by atoms with Crippen LogP contribution in [0.1, 0.15) is 37.1 Å². The fourth-order valence-corrected chi connectivity index (χ4v) is 5.10.